The normalized spacial score (nSPS) is 11.0. The van der Waals surface area contributed by atoms with E-state index in [4.69, 9.17) is 15.2 Å². The van der Waals surface area contributed by atoms with Crippen LogP contribution in [-0.4, -0.2) is 27.2 Å². The standard InChI is InChI=1S/C13H18N2O3/c1-8(13(14)16)5-9-6-11(17-3)12(18-4)7-10(9)15-2/h5-7,15H,1-4H3,(H2,14,16)/b8-5+. The Hall–Kier alpha value is -2.17. The van der Waals surface area contributed by atoms with Gasteiger partial charge in [-0.2, -0.15) is 0 Å². The summed E-state index contributed by atoms with van der Waals surface area (Å²) >= 11 is 0. The molecule has 0 unspecified atom stereocenters. The topological polar surface area (TPSA) is 73.6 Å². The van der Waals surface area contributed by atoms with Crippen LogP contribution in [0.5, 0.6) is 11.5 Å². The number of methoxy groups -OCH3 is 2. The van der Waals surface area contributed by atoms with Crippen LogP contribution < -0.4 is 20.5 Å². The van der Waals surface area contributed by atoms with Crippen LogP contribution in [-0.2, 0) is 4.79 Å². The van der Waals surface area contributed by atoms with Crippen LogP contribution in [0.3, 0.4) is 0 Å². The molecule has 0 aromatic heterocycles. The van der Waals surface area contributed by atoms with Crippen LogP contribution in [0.15, 0.2) is 17.7 Å². The number of benzene rings is 1. The summed E-state index contributed by atoms with van der Waals surface area (Å²) in [6.07, 6.45) is 1.70. The van der Waals surface area contributed by atoms with Gasteiger partial charge >= 0.3 is 0 Å². The van der Waals surface area contributed by atoms with Gasteiger partial charge in [-0.1, -0.05) is 0 Å². The van der Waals surface area contributed by atoms with Gasteiger partial charge in [0.05, 0.1) is 14.2 Å². The lowest BCUT2D eigenvalue weighted by Crippen LogP contribution is -2.11. The van der Waals surface area contributed by atoms with Gasteiger partial charge in [0.2, 0.25) is 5.91 Å². The van der Waals surface area contributed by atoms with Crippen LogP contribution in [0, 0.1) is 0 Å². The second-order valence-corrected chi connectivity index (χ2v) is 3.74. The highest BCUT2D eigenvalue weighted by molar-refractivity contribution is 5.97. The van der Waals surface area contributed by atoms with Gasteiger partial charge in [-0.05, 0) is 19.1 Å². The first-order valence-electron chi connectivity index (χ1n) is 5.45. The minimum absolute atomic E-state index is 0.452. The lowest BCUT2D eigenvalue weighted by atomic mass is 10.1. The van der Waals surface area contributed by atoms with E-state index in [0.29, 0.717) is 17.1 Å². The van der Waals surface area contributed by atoms with E-state index in [1.54, 1.807) is 46.4 Å². The summed E-state index contributed by atoms with van der Waals surface area (Å²) in [6.45, 7) is 1.67. The molecule has 0 aliphatic heterocycles. The molecule has 1 amide bonds. The Bertz CT molecular complexity index is 481. The smallest absolute Gasteiger partial charge is 0.244 e. The number of primary amides is 1. The van der Waals surface area contributed by atoms with E-state index in [1.807, 2.05) is 0 Å². The first kappa shape index (κ1) is 13.9. The van der Waals surface area contributed by atoms with E-state index in [2.05, 4.69) is 5.32 Å². The molecule has 0 heterocycles. The zero-order chi connectivity index (χ0) is 13.7. The average Bonchev–Trinajstić information content (AvgIpc) is 2.37. The van der Waals surface area contributed by atoms with Gasteiger partial charge in [0.1, 0.15) is 0 Å². The Labute approximate surface area is 107 Å². The molecule has 0 saturated heterocycles. The van der Waals surface area contributed by atoms with Crippen molar-refractivity contribution in [3.8, 4) is 11.5 Å². The third-order valence-electron chi connectivity index (χ3n) is 2.59. The van der Waals surface area contributed by atoms with E-state index >= 15 is 0 Å². The monoisotopic (exact) mass is 250 g/mol. The Morgan fingerprint density at radius 2 is 1.83 bits per heavy atom. The summed E-state index contributed by atoms with van der Waals surface area (Å²) in [4.78, 5) is 11.1. The van der Waals surface area contributed by atoms with Crippen molar-refractivity contribution in [3.63, 3.8) is 0 Å². The van der Waals surface area contributed by atoms with Crippen LogP contribution in [0.25, 0.3) is 6.08 Å². The third-order valence-corrected chi connectivity index (χ3v) is 2.59. The molecule has 1 aromatic rings. The summed E-state index contributed by atoms with van der Waals surface area (Å²) < 4.78 is 10.4. The van der Waals surface area contributed by atoms with E-state index < -0.39 is 5.91 Å². The summed E-state index contributed by atoms with van der Waals surface area (Å²) in [6, 6.07) is 3.59. The predicted molar refractivity (Wildman–Crippen MR) is 71.9 cm³/mol. The Balaban J connectivity index is 3.34. The second kappa shape index (κ2) is 5.95. The molecule has 18 heavy (non-hydrogen) atoms. The lowest BCUT2D eigenvalue weighted by molar-refractivity contribution is -0.114. The summed E-state index contributed by atoms with van der Waals surface area (Å²) in [5.41, 5.74) is 7.33. The van der Waals surface area contributed by atoms with Crippen LogP contribution in [0.2, 0.25) is 0 Å². The SMILES string of the molecule is CNc1cc(OC)c(OC)cc1/C=C(\C)C(N)=O. The molecular weight excluding hydrogens is 232 g/mol. The van der Waals surface area contributed by atoms with Crippen LogP contribution >= 0.6 is 0 Å². The van der Waals surface area contributed by atoms with E-state index in [0.717, 1.165) is 11.3 Å². The highest BCUT2D eigenvalue weighted by atomic mass is 16.5. The van der Waals surface area contributed by atoms with E-state index in [-0.39, 0.29) is 0 Å². The first-order chi connectivity index (χ1) is 8.53. The summed E-state index contributed by atoms with van der Waals surface area (Å²) in [5, 5.41) is 3.03. The van der Waals surface area contributed by atoms with Crippen LogP contribution in [0.1, 0.15) is 12.5 Å². The van der Waals surface area contributed by atoms with Crippen molar-refractivity contribution in [1.29, 1.82) is 0 Å². The fourth-order valence-electron chi connectivity index (χ4n) is 1.54. The molecule has 98 valence electrons. The zero-order valence-corrected chi connectivity index (χ0v) is 11.0. The van der Waals surface area contributed by atoms with Crippen molar-refractivity contribution in [3.05, 3.63) is 23.3 Å². The molecule has 1 aromatic carbocycles. The highest BCUT2D eigenvalue weighted by Gasteiger charge is 2.10. The van der Waals surface area contributed by atoms with Gasteiger partial charge in [-0.3, -0.25) is 4.79 Å². The van der Waals surface area contributed by atoms with Crippen molar-refractivity contribution < 1.29 is 14.3 Å². The largest absolute Gasteiger partial charge is 0.493 e. The number of hydrogen-bond donors (Lipinski definition) is 2. The van der Waals surface area contributed by atoms with Crippen molar-refractivity contribution in [2.24, 2.45) is 5.73 Å². The minimum atomic E-state index is -0.452. The molecule has 0 spiro atoms. The number of amides is 1. The third kappa shape index (κ3) is 2.94. The fourth-order valence-corrected chi connectivity index (χ4v) is 1.54. The molecule has 5 nitrogen and oxygen atoms in total. The van der Waals surface area contributed by atoms with Gasteiger partial charge in [-0.15, -0.1) is 0 Å². The Morgan fingerprint density at radius 1 is 1.28 bits per heavy atom. The van der Waals surface area contributed by atoms with Gasteiger partial charge in [0.15, 0.2) is 11.5 Å². The zero-order valence-electron chi connectivity index (χ0n) is 11.0. The summed E-state index contributed by atoms with van der Waals surface area (Å²) in [7, 11) is 4.92. The first-order valence-corrected chi connectivity index (χ1v) is 5.45. The molecule has 1 rings (SSSR count). The Kier molecular flexibility index (Phi) is 4.59. The van der Waals surface area contributed by atoms with Gasteiger partial charge in [0.25, 0.3) is 0 Å². The molecule has 3 N–H and O–H groups in total. The summed E-state index contributed by atoms with van der Waals surface area (Å²) in [5.74, 6) is 0.766. The number of carbonyl (C=O) groups is 1. The van der Waals surface area contributed by atoms with Crippen molar-refractivity contribution in [2.45, 2.75) is 6.92 Å². The van der Waals surface area contributed by atoms with Crippen molar-refractivity contribution in [1.82, 2.24) is 0 Å². The molecule has 0 aliphatic rings. The molecule has 0 fully saturated rings. The Morgan fingerprint density at radius 3 is 2.28 bits per heavy atom. The van der Waals surface area contributed by atoms with Crippen molar-refractivity contribution >= 4 is 17.7 Å². The number of nitrogens with two attached hydrogens (primary N) is 1. The molecule has 0 bridgehead atoms. The maximum absolute atomic E-state index is 11.1. The lowest BCUT2D eigenvalue weighted by Gasteiger charge is -2.13. The van der Waals surface area contributed by atoms with E-state index in [9.17, 15) is 4.79 Å². The number of rotatable bonds is 5. The second-order valence-electron chi connectivity index (χ2n) is 3.74. The quantitative estimate of drug-likeness (QED) is 0.779. The maximum atomic E-state index is 11.1. The van der Waals surface area contributed by atoms with Gasteiger partial charge in [0, 0.05) is 29.9 Å². The number of carbonyl (C=O) groups excluding carboxylic acids is 1. The number of anilines is 1. The molecule has 0 saturated carbocycles. The molecule has 0 aliphatic carbocycles. The number of nitrogens with one attached hydrogen (secondary N) is 1. The molecule has 0 atom stereocenters. The highest BCUT2D eigenvalue weighted by Crippen LogP contribution is 2.34. The number of hydrogen-bond acceptors (Lipinski definition) is 4. The predicted octanol–water partition coefficient (Wildman–Crippen LogP) is 1.63. The van der Waals surface area contributed by atoms with E-state index in [1.165, 1.54) is 0 Å². The van der Waals surface area contributed by atoms with Gasteiger partial charge < -0.3 is 20.5 Å². The fraction of sp³-hybridized carbons (Fsp3) is 0.308. The average molecular weight is 250 g/mol. The molecular formula is C13H18N2O3. The maximum Gasteiger partial charge on any atom is 0.244 e. The minimum Gasteiger partial charge on any atom is -0.493 e. The van der Waals surface area contributed by atoms with Gasteiger partial charge in [-0.25, -0.2) is 0 Å². The van der Waals surface area contributed by atoms with Crippen molar-refractivity contribution in [2.75, 3.05) is 26.6 Å². The van der Waals surface area contributed by atoms with Crippen LogP contribution in [0.4, 0.5) is 5.69 Å². The molecule has 0 radical (unpaired) electrons. The number of ether oxygens (including phenoxy) is 2. The molecule has 5 heteroatoms.